The summed E-state index contributed by atoms with van der Waals surface area (Å²) in [6.07, 6.45) is 7.02. The topological polar surface area (TPSA) is 30.7 Å². The van der Waals surface area contributed by atoms with E-state index in [0.29, 0.717) is 5.28 Å². The molecule has 1 aliphatic carbocycles. The van der Waals surface area contributed by atoms with Crippen molar-refractivity contribution in [2.45, 2.75) is 57.9 Å². The van der Waals surface area contributed by atoms with Crippen LogP contribution in [0.25, 0.3) is 0 Å². The second kappa shape index (κ2) is 4.12. The Morgan fingerprint density at radius 1 is 1.33 bits per heavy atom. The van der Waals surface area contributed by atoms with Crippen LogP contribution in [-0.4, -0.2) is 14.8 Å². The van der Waals surface area contributed by atoms with Gasteiger partial charge in [0, 0.05) is 12.0 Å². The van der Waals surface area contributed by atoms with Crippen molar-refractivity contribution in [1.29, 1.82) is 0 Å². The summed E-state index contributed by atoms with van der Waals surface area (Å²) in [6, 6.07) is 0. The van der Waals surface area contributed by atoms with Crippen LogP contribution in [0.5, 0.6) is 0 Å². The maximum atomic E-state index is 6.14. The number of halogens is 1. The van der Waals surface area contributed by atoms with E-state index in [9.17, 15) is 0 Å². The summed E-state index contributed by atoms with van der Waals surface area (Å²) in [4.78, 5) is 0. The van der Waals surface area contributed by atoms with Crippen molar-refractivity contribution in [1.82, 2.24) is 14.8 Å². The Kier molecular flexibility index (Phi) is 3.01. The third kappa shape index (κ3) is 1.89. The van der Waals surface area contributed by atoms with Crippen molar-refractivity contribution < 1.29 is 0 Å². The summed E-state index contributed by atoms with van der Waals surface area (Å²) in [5.74, 6) is 1.05. The second-order valence-corrected chi connectivity index (χ2v) is 5.01. The molecule has 84 valence electrons. The van der Waals surface area contributed by atoms with E-state index in [4.69, 9.17) is 11.6 Å². The minimum absolute atomic E-state index is 0.158. The molecular formula is C11H18ClN3. The van der Waals surface area contributed by atoms with Gasteiger partial charge in [-0.3, -0.25) is 4.57 Å². The zero-order chi connectivity index (χ0) is 10.9. The highest BCUT2D eigenvalue weighted by atomic mass is 35.5. The smallest absolute Gasteiger partial charge is 0.225 e. The molecule has 1 fully saturated rings. The van der Waals surface area contributed by atoms with Gasteiger partial charge >= 0.3 is 0 Å². The van der Waals surface area contributed by atoms with E-state index in [0.717, 1.165) is 18.7 Å². The minimum atomic E-state index is 0.158. The molecule has 1 heterocycles. The van der Waals surface area contributed by atoms with E-state index >= 15 is 0 Å². The van der Waals surface area contributed by atoms with Gasteiger partial charge in [-0.1, -0.05) is 19.8 Å². The molecule has 0 amide bonds. The van der Waals surface area contributed by atoms with Crippen molar-refractivity contribution in [2.24, 2.45) is 0 Å². The molecule has 0 bridgehead atoms. The van der Waals surface area contributed by atoms with Gasteiger partial charge in [-0.25, -0.2) is 0 Å². The molecular weight excluding hydrogens is 210 g/mol. The van der Waals surface area contributed by atoms with Gasteiger partial charge in [-0.15, -0.1) is 10.2 Å². The van der Waals surface area contributed by atoms with E-state index in [-0.39, 0.29) is 5.54 Å². The van der Waals surface area contributed by atoms with Gasteiger partial charge in [0.05, 0.1) is 0 Å². The van der Waals surface area contributed by atoms with Crippen molar-refractivity contribution >= 4 is 11.6 Å². The van der Waals surface area contributed by atoms with Gasteiger partial charge in [0.2, 0.25) is 5.28 Å². The predicted molar refractivity (Wildman–Crippen MR) is 61.1 cm³/mol. The molecule has 0 saturated heterocycles. The van der Waals surface area contributed by atoms with Crippen LogP contribution in [0, 0.1) is 0 Å². The lowest BCUT2D eigenvalue weighted by Crippen LogP contribution is -2.28. The SMILES string of the molecule is CCCc1nnc(Cl)n1C1(C)CCCC1. The lowest BCUT2D eigenvalue weighted by Gasteiger charge is -2.27. The normalized spacial score (nSPS) is 19.7. The fourth-order valence-electron chi connectivity index (χ4n) is 2.57. The highest BCUT2D eigenvalue weighted by Gasteiger charge is 2.34. The van der Waals surface area contributed by atoms with Crippen LogP contribution in [0.15, 0.2) is 0 Å². The third-order valence-corrected chi connectivity index (χ3v) is 3.63. The van der Waals surface area contributed by atoms with Crippen LogP contribution in [-0.2, 0) is 12.0 Å². The highest BCUT2D eigenvalue weighted by molar-refractivity contribution is 6.28. The Bertz CT molecular complexity index is 340. The van der Waals surface area contributed by atoms with Crippen molar-refractivity contribution in [3.05, 3.63) is 11.1 Å². The summed E-state index contributed by atoms with van der Waals surface area (Å²) in [6.45, 7) is 4.43. The zero-order valence-corrected chi connectivity index (χ0v) is 10.2. The molecule has 2 rings (SSSR count). The molecule has 0 atom stereocenters. The standard InChI is InChI=1S/C11H18ClN3/c1-3-6-9-13-14-10(12)15(9)11(2)7-4-5-8-11/h3-8H2,1-2H3. The Morgan fingerprint density at radius 2 is 2.00 bits per heavy atom. The number of nitrogens with zero attached hydrogens (tertiary/aromatic N) is 3. The first-order valence-electron chi connectivity index (χ1n) is 5.77. The van der Waals surface area contributed by atoms with Crippen LogP contribution in [0.4, 0.5) is 0 Å². The van der Waals surface area contributed by atoms with E-state index in [1.807, 2.05) is 0 Å². The summed E-state index contributed by atoms with van der Waals surface area (Å²) < 4.78 is 2.16. The number of aryl methyl sites for hydroxylation is 1. The molecule has 15 heavy (non-hydrogen) atoms. The van der Waals surface area contributed by atoms with E-state index in [2.05, 4.69) is 28.6 Å². The summed E-state index contributed by atoms with van der Waals surface area (Å²) in [5.41, 5.74) is 0.158. The van der Waals surface area contributed by atoms with Crippen molar-refractivity contribution in [3.63, 3.8) is 0 Å². The third-order valence-electron chi connectivity index (χ3n) is 3.38. The van der Waals surface area contributed by atoms with Gasteiger partial charge < -0.3 is 0 Å². The molecule has 1 aromatic heterocycles. The summed E-state index contributed by atoms with van der Waals surface area (Å²) in [5, 5.41) is 8.74. The highest BCUT2D eigenvalue weighted by Crippen LogP contribution is 2.38. The molecule has 3 nitrogen and oxygen atoms in total. The van der Waals surface area contributed by atoms with Crippen LogP contribution in [0.2, 0.25) is 5.28 Å². The monoisotopic (exact) mass is 227 g/mol. The number of rotatable bonds is 3. The van der Waals surface area contributed by atoms with Crippen LogP contribution < -0.4 is 0 Å². The molecule has 0 aromatic carbocycles. The molecule has 1 aromatic rings. The van der Waals surface area contributed by atoms with Gasteiger partial charge in [-0.2, -0.15) is 0 Å². The second-order valence-electron chi connectivity index (χ2n) is 4.67. The first-order valence-corrected chi connectivity index (χ1v) is 6.15. The molecule has 4 heteroatoms. The molecule has 0 unspecified atom stereocenters. The number of aromatic nitrogens is 3. The Labute approximate surface area is 95.8 Å². The average Bonchev–Trinajstić information content (AvgIpc) is 2.75. The van der Waals surface area contributed by atoms with Crippen molar-refractivity contribution in [3.8, 4) is 0 Å². The fourth-order valence-corrected chi connectivity index (χ4v) is 2.91. The summed E-state index contributed by atoms with van der Waals surface area (Å²) in [7, 11) is 0. The van der Waals surface area contributed by atoms with Gasteiger partial charge in [0.1, 0.15) is 5.82 Å². The minimum Gasteiger partial charge on any atom is -0.296 e. The molecule has 0 radical (unpaired) electrons. The Morgan fingerprint density at radius 3 is 2.60 bits per heavy atom. The Balaban J connectivity index is 2.36. The molecule has 1 saturated carbocycles. The lowest BCUT2D eigenvalue weighted by atomic mass is 10.00. The van der Waals surface area contributed by atoms with Crippen LogP contribution >= 0.6 is 11.6 Å². The first-order chi connectivity index (χ1) is 7.17. The van der Waals surface area contributed by atoms with E-state index in [1.54, 1.807) is 0 Å². The molecule has 0 aliphatic heterocycles. The lowest BCUT2D eigenvalue weighted by molar-refractivity contribution is 0.318. The van der Waals surface area contributed by atoms with Gasteiger partial charge in [-0.05, 0) is 37.8 Å². The molecule has 1 aliphatic rings. The van der Waals surface area contributed by atoms with Gasteiger partial charge in [0.25, 0.3) is 0 Å². The van der Waals surface area contributed by atoms with Crippen LogP contribution in [0.3, 0.4) is 0 Å². The fraction of sp³-hybridized carbons (Fsp3) is 0.818. The zero-order valence-electron chi connectivity index (χ0n) is 9.46. The molecule has 0 spiro atoms. The first kappa shape index (κ1) is 10.9. The van der Waals surface area contributed by atoms with E-state index in [1.165, 1.54) is 25.7 Å². The Hall–Kier alpha value is -0.570. The number of hydrogen-bond donors (Lipinski definition) is 0. The van der Waals surface area contributed by atoms with E-state index < -0.39 is 0 Å². The van der Waals surface area contributed by atoms with Crippen LogP contribution in [0.1, 0.15) is 51.8 Å². The van der Waals surface area contributed by atoms with Gasteiger partial charge in [0.15, 0.2) is 0 Å². The van der Waals surface area contributed by atoms with Crippen molar-refractivity contribution in [2.75, 3.05) is 0 Å². The maximum Gasteiger partial charge on any atom is 0.225 e. The largest absolute Gasteiger partial charge is 0.296 e. The maximum absolute atomic E-state index is 6.14. The molecule has 0 N–H and O–H groups in total. The summed E-state index contributed by atoms with van der Waals surface area (Å²) >= 11 is 6.14. The number of hydrogen-bond acceptors (Lipinski definition) is 2. The quantitative estimate of drug-likeness (QED) is 0.794. The predicted octanol–water partition coefficient (Wildman–Crippen LogP) is 3.17. The average molecular weight is 228 g/mol.